The fourth-order valence-corrected chi connectivity index (χ4v) is 2.09. The SMILES string of the molecule is C[C@@H]1C[C@H](C(=O)O)N(C(=O)OC(C)(C)C)C[C@@H]1C. The monoisotopic (exact) mass is 257 g/mol. The molecule has 0 bridgehead atoms. The van der Waals surface area contributed by atoms with Crippen molar-refractivity contribution in [2.45, 2.75) is 52.7 Å². The summed E-state index contributed by atoms with van der Waals surface area (Å²) in [7, 11) is 0. The van der Waals surface area contributed by atoms with Gasteiger partial charge in [0.05, 0.1) is 0 Å². The van der Waals surface area contributed by atoms with E-state index in [2.05, 4.69) is 0 Å². The van der Waals surface area contributed by atoms with Gasteiger partial charge in [-0.15, -0.1) is 0 Å². The fraction of sp³-hybridized carbons (Fsp3) is 0.846. The lowest BCUT2D eigenvalue weighted by Gasteiger charge is -2.40. The van der Waals surface area contributed by atoms with Gasteiger partial charge in [-0.25, -0.2) is 9.59 Å². The second-order valence-corrected chi connectivity index (χ2v) is 6.18. The van der Waals surface area contributed by atoms with Gasteiger partial charge in [-0.2, -0.15) is 0 Å². The molecule has 1 aliphatic heterocycles. The average Bonchev–Trinajstić information content (AvgIpc) is 2.18. The van der Waals surface area contributed by atoms with Crippen LogP contribution in [0.1, 0.15) is 41.0 Å². The van der Waals surface area contributed by atoms with Crippen molar-refractivity contribution >= 4 is 12.1 Å². The van der Waals surface area contributed by atoms with E-state index < -0.39 is 23.7 Å². The van der Waals surface area contributed by atoms with Crippen LogP contribution in [0.4, 0.5) is 4.79 Å². The Bertz CT molecular complexity index is 334. The summed E-state index contributed by atoms with van der Waals surface area (Å²) >= 11 is 0. The van der Waals surface area contributed by atoms with Gasteiger partial charge in [0.15, 0.2) is 0 Å². The fourth-order valence-electron chi connectivity index (χ4n) is 2.09. The molecular weight excluding hydrogens is 234 g/mol. The van der Waals surface area contributed by atoms with Crippen LogP contribution >= 0.6 is 0 Å². The number of carboxylic acid groups (broad SMARTS) is 1. The topological polar surface area (TPSA) is 66.8 Å². The zero-order valence-corrected chi connectivity index (χ0v) is 11.8. The first kappa shape index (κ1) is 14.8. The van der Waals surface area contributed by atoms with E-state index in [0.29, 0.717) is 18.9 Å². The van der Waals surface area contributed by atoms with Gasteiger partial charge in [-0.3, -0.25) is 4.90 Å². The van der Waals surface area contributed by atoms with Gasteiger partial charge < -0.3 is 9.84 Å². The van der Waals surface area contributed by atoms with E-state index in [1.165, 1.54) is 4.90 Å². The summed E-state index contributed by atoms with van der Waals surface area (Å²) in [5.74, 6) is -0.377. The molecule has 0 spiro atoms. The number of hydrogen-bond acceptors (Lipinski definition) is 3. The summed E-state index contributed by atoms with van der Waals surface area (Å²) in [4.78, 5) is 24.6. The molecule has 0 aliphatic carbocycles. The van der Waals surface area contributed by atoms with Crippen molar-refractivity contribution in [2.24, 2.45) is 11.8 Å². The third-order valence-electron chi connectivity index (χ3n) is 3.34. The average molecular weight is 257 g/mol. The molecule has 1 fully saturated rings. The number of carbonyl (C=O) groups is 2. The minimum absolute atomic E-state index is 0.285. The van der Waals surface area contributed by atoms with Crippen molar-refractivity contribution in [2.75, 3.05) is 6.54 Å². The lowest BCUT2D eigenvalue weighted by Crippen LogP contribution is -2.53. The highest BCUT2D eigenvalue weighted by atomic mass is 16.6. The van der Waals surface area contributed by atoms with Crippen molar-refractivity contribution in [3.05, 3.63) is 0 Å². The number of carbonyl (C=O) groups excluding carboxylic acids is 1. The molecule has 3 atom stereocenters. The standard InChI is InChI=1S/C13H23NO4/c1-8-6-10(11(15)16)14(7-9(8)2)12(17)18-13(3,4)5/h8-10H,6-7H2,1-5H3,(H,15,16)/t8-,9+,10-/m1/s1. The lowest BCUT2D eigenvalue weighted by molar-refractivity contribution is -0.145. The van der Waals surface area contributed by atoms with Gasteiger partial charge >= 0.3 is 12.1 Å². The first-order chi connectivity index (χ1) is 8.11. The summed E-state index contributed by atoms with van der Waals surface area (Å²) in [5.41, 5.74) is -0.605. The van der Waals surface area contributed by atoms with Crippen molar-refractivity contribution in [3.63, 3.8) is 0 Å². The quantitative estimate of drug-likeness (QED) is 0.783. The smallest absolute Gasteiger partial charge is 0.411 e. The van der Waals surface area contributed by atoms with Crippen LogP contribution in [-0.4, -0.2) is 40.3 Å². The molecule has 0 radical (unpaired) electrons. The Kier molecular flexibility index (Phi) is 4.24. The molecule has 1 amide bonds. The molecule has 0 aromatic carbocycles. The maximum absolute atomic E-state index is 12.0. The predicted molar refractivity (Wildman–Crippen MR) is 67.3 cm³/mol. The van der Waals surface area contributed by atoms with Crippen molar-refractivity contribution in [1.82, 2.24) is 4.90 Å². The summed E-state index contributed by atoms with van der Waals surface area (Å²) < 4.78 is 5.26. The Labute approximate surface area is 108 Å². The van der Waals surface area contributed by atoms with Gasteiger partial charge in [0.25, 0.3) is 0 Å². The molecule has 5 heteroatoms. The highest BCUT2D eigenvalue weighted by Crippen LogP contribution is 2.28. The van der Waals surface area contributed by atoms with Gasteiger partial charge in [0.2, 0.25) is 0 Å². The first-order valence-corrected chi connectivity index (χ1v) is 6.34. The predicted octanol–water partition coefficient (Wildman–Crippen LogP) is 2.35. The largest absolute Gasteiger partial charge is 0.480 e. The molecule has 1 saturated heterocycles. The molecule has 104 valence electrons. The van der Waals surface area contributed by atoms with E-state index in [4.69, 9.17) is 4.74 Å². The Morgan fingerprint density at radius 2 is 1.78 bits per heavy atom. The molecule has 1 N–H and O–H groups in total. The number of nitrogens with zero attached hydrogens (tertiary/aromatic N) is 1. The Morgan fingerprint density at radius 1 is 1.22 bits per heavy atom. The van der Waals surface area contributed by atoms with E-state index in [-0.39, 0.29) is 5.92 Å². The Balaban J connectivity index is 2.82. The molecule has 0 saturated carbocycles. The maximum atomic E-state index is 12.0. The van der Waals surface area contributed by atoms with Gasteiger partial charge in [0, 0.05) is 6.54 Å². The molecule has 5 nitrogen and oxygen atoms in total. The Hall–Kier alpha value is -1.26. The third-order valence-corrected chi connectivity index (χ3v) is 3.34. The van der Waals surface area contributed by atoms with Crippen LogP contribution in [0.25, 0.3) is 0 Å². The number of aliphatic carboxylic acids is 1. The van der Waals surface area contributed by atoms with Crippen molar-refractivity contribution < 1.29 is 19.4 Å². The number of piperidine rings is 1. The molecule has 0 unspecified atom stereocenters. The van der Waals surface area contributed by atoms with Crippen molar-refractivity contribution in [3.8, 4) is 0 Å². The van der Waals surface area contributed by atoms with E-state index in [1.807, 2.05) is 13.8 Å². The second kappa shape index (κ2) is 5.16. The second-order valence-electron chi connectivity index (χ2n) is 6.18. The van der Waals surface area contributed by atoms with Crippen molar-refractivity contribution in [1.29, 1.82) is 0 Å². The maximum Gasteiger partial charge on any atom is 0.411 e. The molecular formula is C13H23NO4. The molecule has 1 heterocycles. The van der Waals surface area contributed by atoms with Crippen LogP contribution in [0.5, 0.6) is 0 Å². The van der Waals surface area contributed by atoms with Gasteiger partial charge in [-0.1, -0.05) is 13.8 Å². The molecule has 1 rings (SSSR count). The van der Waals surface area contributed by atoms with E-state index >= 15 is 0 Å². The van der Waals surface area contributed by atoms with Gasteiger partial charge in [-0.05, 0) is 39.0 Å². The molecule has 0 aromatic heterocycles. The minimum atomic E-state index is -0.959. The van der Waals surface area contributed by atoms with E-state index in [9.17, 15) is 14.7 Å². The molecule has 1 aliphatic rings. The summed E-state index contributed by atoms with van der Waals surface area (Å²) in [6.45, 7) is 9.81. The zero-order chi connectivity index (χ0) is 14.1. The minimum Gasteiger partial charge on any atom is -0.480 e. The normalized spacial score (nSPS) is 28.9. The summed E-state index contributed by atoms with van der Waals surface area (Å²) in [6.07, 6.45) is -0.0518. The lowest BCUT2D eigenvalue weighted by atomic mass is 9.84. The van der Waals surface area contributed by atoms with Crippen LogP contribution in [0.3, 0.4) is 0 Å². The summed E-state index contributed by atoms with van der Waals surface area (Å²) in [6, 6.07) is -0.772. The number of rotatable bonds is 1. The highest BCUT2D eigenvalue weighted by molar-refractivity contribution is 5.80. The number of likely N-dealkylation sites (tertiary alicyclic amines) is 1. The number of ether oxygens (including phenoxy) is 1. The van der Waals surface area contributed by atoms with Crippen LogP contribution in [0.15, 0.2) is 0 Å². The Morgan fingerprint density at radius 3 is 2.22 bits per heavy atom. The van der Waals surface area contributed by atoms with Crippen LogP contribution in [0, 0.1) is 11.8 Å². The highest BCUT2D eigenvalue weighted by Gasteiger charge is 2.39. The van der Waals surface area contributed by atoms with Crippen LogP contribution in [0.2, 0.25) is 0 Å². The van der Waals surface area contributed by atoms with Gasteiger partial charge in [0.1, 0.15) is 11.6 Å². The van der Waals surface area contributed by atoms with Crippen LogP contribution < -0.4 is 0 Å². The zero-order valence-electron chi connectivity index (χ0n) is 11.8. The molecule has 18 heavy (non-hydrogen) atoms. The summed E-state index contributed by atoms with van der Waals surface area (Å²) in [5, 5.41) is 9.21. The van der Waals surface area contributed by atoms with E-state index in [0.717, 1.165) is 0 Å². The first-order valence-electron chi connectivity index (χ1n) is 6.34. The number of carboxylic acids is 1. The third kappa shape index (κ3) is 3.62. The van der Waals surface area contributed by atoms with Crippen LogP contribution in [-0.2, 0) is 9.53 Å². The molecule has 0 aromatic rings. The van der Waals surface area contributed by atoms with E-state index in [1.54, 1.807) is 20.8 Å². The number of amides is 1. The number of hydrogen-bond donors (Lipinski definition) is 1.